The quantitative estimate of drug-likeness (QED) is 0.498. The summed E-state index contributed by atoms with van der Waals surface area (Å²) in [6.45, 7) is 4.15. The van der Waals surface area contributed by atoms with Crippen molar-refractivity contribution in [3.05, 3.63) is 35.6 Å². The zero-order valence-electron chi connectivity index (χ0n) is 18.2. The fourth-order valence-corrected chi connectivity index (χ4v) is 4.04. The van der Waals surface area contributed by atoms with Gasteiger partial charge >= 0.3 is 23.8 Å². The molecule has 0 aliphatic carbocycles. The molecule has 2 saturated heterocycles. The number of piperidine rings is 1. The molecule has 1 aromatic carbocycles. The Hall–Kier alpha value is -3.17. The Morgan fingerprint density at radius 1 is 1.12 bits per heavy atom. The zero-order valence-corrected chi connectivity index (χ0v) is 18.2. The molecular weight excluding hydrogens is 419 g/mol. The van der Waals surface area contributed by atoms with E-state index in [0.29, 0.717) is 51.2 Å². The number of urea groups is 1. The number of hydrogen-bond acceptors (Lipinski definition) is 5. The number of rotatable bonds is 7. The SMILES string of the molecule is CCOC(=O)CCNC(=O)N1CCC(N2CCN(Cc3cccc(F)c3)C(=O)C2=O)CC1. The van der Waals surface area contributed by atoms with Crippen molar-refractivity contribution in [3.63, 3.8) is 0 Å². The van der Waals surface area contributed by atoms with Gasteiger partial charge in [-0.2, -0.15) is 0 Å². The molecule has 174 valence electrons. The molecule has 0 bridgehead atoms. The van der Waals surface area contributed by atoms with Gasteiger partial charge in [-0.25, -0.2) is 9.18 Å². The maximum absolute atomic E-state index is 13.4. The molecule has 4 amide bonds. The highest BCUT2D eigenvalue weighted by Gasteiger charge is 2.38. The van der Waals surface area contributed by atoms with E-state index in [4.69, 9.17) is 4.74 Å². The molecule has 2 aliphatic heterocycles. The third-order valence-electron chi connectivity index (χ3n) is 5.71. The number of esters is 1. The second-order valence-corrected chi connectivity index (χ2v) is 7.86. The molecule has 0 atom stereocenters. The van der Waals surface area contributed by atoms with Crippen LogP contribution in [0.5, 0.6) is 0 Å². The number of likely N-dealkylation sites (tertiary alicyclic amines) is 1. The highest BCUT2D eigenvalue weighted by Crippen LogP contribution is 2.21. The van der Waals surface area contributed by atoms with Crippen molar-refractivity contribution in [1.82, 2.24) is 20.0 Å². The Balaban J connectivity index is 1.44. The van der Waals surface area contributed by atoms with Crippen LogP contribution < -0.4 is 5.32 Å². The highest BCUT2D eigenvalue weighted by atomic mass is 19.1. The van der Waals surface area contributed by atoms with Gasteiger partial charge in [0.2, 0.25) is 0 Å². The van der Waals surface area contributed by atoms with E-state index in [-0.39, 0.29) is 43.4 Å². The summed E-state index contributed by atoms with van der Waals surface area (Å²) in [5, 5.41) is 2.70. The van der Waals surface area contributed by atoms with E-state index >= 15 is 0 Å². The van der Waals surface area contributed by atoms with Gasteiger partial charge in [-0.3, -0.25) is 14.4 Å². The zero-order chi connectivity index (χ0) is 23.1. The van der Waals surface area contributed by atoms with Crippen molar-refractivity contribution in [2.24, 2.45) is 0 Å². The Morgan fingerprint density at radius 3 is 2.56 bits per heavy atom. The third kappa shape index (κ3) is 5.95. The number of hydrogen-bond donors (Lipinski definition) is 1. The van der Waals surface area contributed by atoms with Gasteiger partial charge in [0.05, 0.1) is 13.0 Å². The molecule has 0 radical (unpaired) electrons. The highest BCUT2D eigenvalue weighted by molar-refractivity contribution is 6.35. The van der Waals surface area contributed by atoms with E-state index in [9.17, 15) is 23.6 Å². The van der Waals surface area contributed by atoms with Gasteiger partial charge in [0.25, 0.3) is 0 Å². The van der Waals surface area contributed by atoms with E-state index < -0.39 is 11.8 Å². The van der Waals surface area contributed by atoms with Gasteiger partial charge in [-0.1, -0.05) is 12.1 Å². The van der Waals surface area contributed by atoms with Crippen LogP contribution in [0.2, 0.25) is 0 Å². The van der Waals surface area contributed by atoms with Crippen LogP contribution in [-0.4, -0.2) is 83.9 Å². The average Bonchev–Trinajstić information content (AvgIpc) is 2.77. The number of amides is 4. The Morgan fingerprint density at radius 2 is 1.88 bits per heavy atom. The Labute approximate surface area is 186 Å². The molecule has 32 heavy (non-hydrogen) atoms. The van der Waals surface area contributed by atoms with E-state index in [2.05, 4.69) is 5.32 Å². The number of ether oxygens (including phenoxy) is 1. The first-order valence-electron chi connectivity index (χ1n) is 10.9. The first kappa shape index (κ1) is 23.5. The predicted octanol–water partition coefficient (Wildman–Crippen LogP) is 1.12. The summed E-state index contributed by atoms with van der Waals surface area (Å²) in [4.78, 5) is 53.6. The lowest BCUT2D eigenvalue weighted by Crippen LogP contribution is -2.59. The van der Waals surface area contributed by atoms with Gasteiger partial charge in [-0.15, -0.1) is 0 Å². The number of nitrogens with zero attached hydrogens (tertiary/aromatic N) is 3. The van der Waals surface area contributed by atoms with Gasteiger partial charge < -0.3 is 24.8 Å². The average molecular weight is 448 g/mol. The maximum atomic E-state index is 13.4. The van der Waals surface area contributed by atoms with Gasteiger partial charge in [0.15, 0.2) is 0 Å². The van der Waals surface area contributed by atoms with Crippen LogP contribution in [0.25, 0.3) is 0 Å². The molecule has 2 heterocycles. The molecule has 1 N–H and O–H groups in total. The lowest BCUT2D eigenvalue weighted by atomic mass is 10.0. The number of carbonyl (C=O) groups is 4. The molecule has 2 fully saturated rings. The van der Waals surface area contributed by atoms with Crippen LogP contribution in [0.4, 0.5) is 9.18 Å². The number of carbonyl (C=O) groups excluding carboxylic acids is 4. The van der Waals surface area contributed by atoms with Crippen molar-refractivity contribution in [3.8, 4) is 0 Å². The first-order valence-corrected chi connectivity index (χ1v) is 10.9. The van der Waals surface area contributed by atoms with Crippen molar-refractivity contribution in [1.29, 1.82) is 0 Å². The molecule has 0 spiro atoms. The maximum Gasteiger partial charge on any atom is 0.317 e. The summed E-state index contributed by atoms with van der Waals surface area (Å²) in [5.74, 6) is -1.87. The first-order chi connectivity index (χ1) is 15.4. The minimum absolute atomic E-state index is 0.105. The summed E-state index contributed by atoms with van der Waals surface area (Å²) in [6.07, 6.45) is 1.27. The predicted molar refractivity (Wildman–Crippen MR) is 113 cm³/mol. The number of halogens is 1. The number of nitrogens with one attached hydrogen (secondary N) is 1. The van der Waals surface area contributed by atoms with Crippen molar-refractivity contribution in [2.45, 2.75) is 38.8 Å². The minimum atomic E-state index is -0.584. The molecule has 3 rings (SSSR count). The van der Waals surface area contributed by atoms with E-state index in [1.165, 1.54) is 17.0 Å². The molecule has 2 aliphatic rings. The second-order valence-electron chi connectivity index (χ2n) is 7.86. The fourth-order valence-electron chi connectivity index (χ4n) is 4.04. The second kappa shape index (κ2) is 10.9. The Bertz CT molecular complexity index is 856. The lowest BCUT2D eigenvalue weighted by Gasteiger charge is -2.42. The van der Waals surface area contributed by atoms with Crippen LogP contribution in [0.15, 0.2) is 24.3 Å². The lowest BCUT2D eigenvalue weighted by molar-refractivity contribution is -0.158. The van der Waals surface area contributed by atoms with Crippen LogP contribution in [0.1, 0.15) is 31.7 Å². The molecule has 1 aromatic rings. The number of piperazine rings is 1. The van der Waals surface area contributed by atoms with E-state index in [0.717, 1.165) is 0 Å². The van der Waals surface area contributed by atoms with Crippen LogP contribution in [-0.2, 0) is 25.7 Å². The van der Waals surface area contributed by atoms with Crippen molar-refractivity contribution in [2.75, 3.05) is 39.3 Å². The topological polar surface area (TPSA) is 99.3 Å². The molecule has 0 unspecified atom stereocenters. The van der Waals surface area contributed by atoms with Gasteiger partial charge in [0.1, 0.15) is 5.82 Å². The normalized spacial score (nSPS) is 17.5. The summed E-state index contributed by atoms with van der Waals surface area (Å²) in [7, 11) is 0. The molecule has 10 heteroatoms. The molecule has 9 nitrogen and oxygen atoms in total. The summed E-state index contributed by atoms with van der Waals surface area (Å²) < 4.78 is 18.2. The van der Waals surface area contributed by atoms with Crippen LogP contribution in [0.3, 0.4) is 0 Å². The Kier molecular flexibility index (Phi) is 8.02. The summed E-state index contributed by atoms with van der Waals surface area (Å²) in [5.41, 5.74) is 0.641. The number of benzene rings is 1. The van der Waals surface area contributed by atoms with Gasteiger partial charge in [-0.05, 0) is 37.5 Å². The molecular formula is C22H29FN4O5. The van der Waals surface area contributed by atoms with Crippen molar-refractivity contribution < 1.29 is 28.3 Å². The van der Waals surface area contributed by atoms with Crippen LogP contribution in [0, 0.1) is 5.82 Å². The van der Waals surface area contributed by atoms with E-state index in [1.807, 2.05) is 0 Å². The third-order valence-corrected chi connectivity index (χ3v) is 5.71. The smallest absolute Gasteiger partial charge is 0.317 e. The fraction of sp³-hybridized carbons (Fsp3) is 0.545. The standard InChI is InChI=1S/C22H29FN4O5/c1-2-32-19(28)6-9-24-22(31)25-10-7-18(8-11-25)27-13-12-26(20(29)21(27)30)15-16-4-3-5-17(23)14-16/h3-5,14,18H,2,6-13,15H2,1H3,(H,24,31). The van der Waals surface area contributed by atoms with E-state index in [1.54, 1.807) is 28.9 Å². The van der Waals surface area contributed by atoms with Gasteiger partial charge in [0, 0.05) is 45.3 Å². The minimum Gasteiger partial charge on any atom is -0.466 e. The largest absolute Gasteiger partial charge is 0.466 e. The monoisotopic (exact) mass is 448 g/mol. The summed E-state index contributed by atoms with van der Waals surface area (Å²) >= 11 is 0. The molecule has 0 aromatic heterocycles. The molecule has 0 saturated carbocycles. The van der Waals surface area contributed by atoms with Crippen molar-refractivity contribution >= 4 is 23.8 Å². The van der Waals surface area contributed by atoms with Crippen LogP contribution >= 0.6 is 0 Å². The summed E-state index contributed by atoms with van der Waals surface area (Å²) in [6, 6.07) is 5.63.